The van der Waals surface area contributed by atoms with Crippen molar-refractivity contribution in [3.05, 3.63) is 34.9 Å². The second kappa shape index (κ2) is 4.19. The molecule has 0 spiro atoms. The molecule has 1 saturated carbocycles. The van der Waals surface area contributed by atoms with Crippen LogP contribution in [0.5, 0.6) is 0 Å². The fourth-order valence-corrected chi connectivity index (χ4v) is 2.61. The molecule has 86 valence electrons. The van der Waals surface area contributed by atoms with E-state index >= 15 is 0 Å². The number of benzene rings is 1. The van der Waals surface area contributed by atoms with Gasteiger partial charge in [0.1, 0.15) is 0 Å². The number of aliphatic hydroxyl groups excluding tert-OH is 1. The molecule has 1 heterocycles. The van der Waals surface area contributed by atoms with E-state index in [1.165, 1.54) is 29.5 Å². The summed E-state index contributed by atoms with van der Waals surface area (Å²) in [6.07, 6.45) is 4.68. The van der Waals surface area contributed by atoms with Gasteiger partial charge in [0.25, 0.3) is 0 Å². The van der Waals surface area contributed by atoms with Crippen LogP contribution in [0.15, 0.2) is 18.2 Å². The van der Waals surface area contributed by atoms with Gasteiger partial charge in [-0.25, -0.2) is 0 Å². The second-order valence-corrected chi connectivity index (χ2v) is 5.07. The summed E-state index contributed by atoms with van der Waals surface area (Å²) in [4.78, 5) is 2.60. The zero-order valence-electron chi connectivity index (χ0n) is 9.65. The Balaban J connectivity index is 1.72. The highest BCUT2D eigenvalue weighted by molar-refractivity contribution is 5.35. The van der Waals surface area contributed by atoms with Crippen molar-refractivity contribution in [1.82, 2.24) is 4.90 Å². The Kier molecular flexibility index (Phi) is 2.70. The van der Waals surface area contributed by atoms with E-state index in [1.54, 1.807) is 0 Å². The molecule has 0 saturated heterocycles. The van der Waals surface area contributed by atoms with Gasteiger partial charge in [-0.15, -0.1) is 0 Å². The van der Waals surface area contributed by atoms with Crippen molar-refractivity contribution in [3.63, 3.8) is 0 Å². The van der Waals surface area contributed by atoms with Gasteiger partial charge in [-0.2, -0.15) is 0 Å². The van der Waals surface area contributed by atoms with E-state index in [-0.39, 0.29) is 0 Å². The van der Waals surface area contributed by atoms with Crippen LogP contribution in [0.4, 0.5) is 0 Å². The van der Waals surface area contributed by atoms with Crippen LogP contribution in [-0.4, -0.2) is 22.7 Å². The lowest BCUT2D eigenvalue weighted by molar-refractivity contribution is 0.273. The van der Waals surface area contributed by atoms with Gasteiger partial charge in [0.05, 0.1) is 0 Å². The van der Waals surface area contributed by atoms with Gasteiger partial charge in [-0.1, -0.05) is 18.2 Å². The van der Waals surface area contributed by atoms with Crippen LogP contribution in [-0.2, 0) is 19.5 Å². The predicted octanol–water partition coefficient (Wildman–Crippen LogP) is 2.09. The average Bonchev–Trinajstić information content (AvgIpc) is 3.06. The summed E-state index contributed by atoms with van der Waals surface area (Å²) in [5, 5.41) is 8.84. The third-order valence-corrected chi connectivity index (χ3v) is 3.70. The number of rotatable bonds is 4. The Labute approximate surface area is 96.9 Å². The first-order chi connectivity index (χ1) is 7.86. The summed E-state index contributed by atoms with van der Waals surface area (Å²) in [6.45, 7) is 2.60. The molecular formula is C14H19NO. The largest absolute Gasteiger partial charge is 0.396 e. The zero-order chi connectivity index (χ0) is 11.0. The Morgan fingerprint density at radius 1 is 1.19 bits per heavy atom. The standard InChI is InChI=1S/C14H19NO/c16-7-1-2-11-3-4-12-9-15(14-5-6-14)10-13(12)8-11/h3-4,8,14,16H,1-2,5-7,9-10H2. The van der Waals surface area contributed by atoms with E-state index in [9.17, 15) is 0 Å². The lowest BCUT2D eigenvalue weighted by Crippen LogP contribution is -2.18. The van der Waals surface area contributed by atoms with Crippen LogP contribution in [0, 0.1) is 0 Å². The smallest absolute Gasteiger partial charge is 0.0434 e. The lowest BCUT2D eigenvalue weighted by atomic mass is 10.0. The third kappa shape index (κ3) is 2.00. The average molecular weight is 217 g/mol. The van der Waals surface area contributed by atoms with E-state index in [0.717, 1.165) is 32.0 Å². The van der Waals surface area contributed by atoms with Gasteiger partial charge in [-0.3, -0.25) is 4.90 Å². The molecule has 0 atom stereocenters. The number of fused-ring (bicyclic) bond motifs is 1. The van der Waals surface area contributed by atoms with E-state index in [2.05, 4.69) is 23.1 Å². The molecule has 1 fully saturated rings. The summed E-state index contributed by atoms with van der Waals surface area (Å²) in [5.74, 6) is 0. The monoisotopic (exact) mass is 217 g/mol. The van der Waals surface area contributed by atoms with Crippen LogP contribution in [0.3, 0.4) is 0 Å². The van der Waals surface area contributed by atoms with Crippen molar-refractivity contribution < 1.29 is 5.11 Å². The van der Waals surface area contributed by atoms with Crippen molar-refractivity contribution in [2.75, 3.05) is 6.61 Å². The first-order valence-electron chi connectivity index (χ1n) is 6.32. The Hall–Kier alpha value is -0.860. The Morgan fingerprint density at radius 2 is 2.00 bits per heavy atom. The first kappa shape index (κ1) is 10.3. The molecule has 1 aromatic rings. The normalized spacial score (nSPS) is 20.1. The Morgan fingerprint density at radius 3 is 2.75 bits per heavy atom. The van der Waals surface area contributed by atoms with Crippen molar-refractivity contribution >= 4 is 0 Å². The summed E-state index contributed by atoms with van der Waals surface area (Å²) >= 11 is 0. The maximum atomic E-state index is 8.84. The zero-order valence-corrected chi connectivity index (χ0v) is 9.65. The quantitative estimate of drug-likeness (QED) is 0.834. The number of hydrogen-bond donors (Lipinski definition) is 1. The van der Waals surface area contributed by atoms with Crippen molar-refractivity contribution in [2.24, 2.45) is 0 Å². The van der Waals surface area contributed by atoms with Crippen molar-refractivity contribution in [2.45, 2.75) is 44.8 Å². The minimum atomic E-state index is 0.297. The van der Waals surface area contributed by atoms with Gasteiger partial charge in [0, 0.05) is 25.7 Å². The minimum Gasteiger partial charge on any atom is -0.396 e. The fourth-order valence-electron chi connectivity index (χ4n) is 2.61. The van der Waals surface area contributed by atoms with Crippen LogP contribution in [0.2, 0.25) is 0 Å². The van der Waals surface area contributed by atoms with E-state index in [4.69, 9.17) is 5.11 Å². The first-order valence-corrected chi connectivity index (χ1v) is 6.32. The molecule has 2 nitrogen and oxygen atoms in total. The van der Waals surface area contributed by atoms with E-state index < -0.39 is 0 Å². The predicted molar refractivity (Wildman–Crippen MR) is 64.1 cm³/mol. The third-order valence-electron chi connectivity index (χ3n) is 3.70. The second-order valence-electron chi connectivity index (χ2n) is 5.07. The lowest BCUT2D eigenvalue weighted by Gasteiger charge is -2.11. The molecular weight excluding hydrogens is 198 g/mol. The minimum absolute atomic E-state index is 0.297. The number of aliphatic hydroxyl groups is 1. The molecule has 2 aliphatic rings. The molecule has 1 aromatic carbocycles. The SMILES string of the molecule is OCCCc1ccc2c(c1)CN(C1CC1)C2. The van der Waals surface area contributed by atoms with E-state index in [1.807, 2.05) is 0 Å². The fraction of sp³-hybridized carbons (Fsp3) is 0.571. The highest BCUT2D eigenvalue weighted by Crippen LogP contribution is 2.34. The number of aryl methyl sites for hydroxylation is 1. The molecule has 0 bridgehead atoms. The molecule has 2 heteroatoms. The van der Waals surface area contributed by atoms with Crippen molar-refractivity contribution in [3.8, 4) is 0 Å². The van der Waals surface area contributed by atoms with Crippen LogP contribution in [0.25, 0.3) is 0 Å². The molecule has 0 radical (unpaired) electrons. The van der Waals surface area contributed by atoms with Gasteiger partial charge in [0.15, 0.2) is 0 Å². The molecule has 0 unspecified atom stereocenters. The number of nitrogens with zero attached hydrogens (tertiary/aromatic N) is 1. The van der Waals surface area contributed by atoms with Gasteiger partial charge in [-0.05, 0) is 42.4 Å². The summed E-state index contributed by atoms with van der Waals surface area (Å²) < 4.78 is 0. The molecule has 16 heavy (non-hydrogen) atoms. The van der Waals surface area contributed by atoms with Crippen molar-refractivity contribution in [1.29, 1.82) is 0 Å². The molecule has 0 aromatic heterocycles. The van der Waals surface area contributed by atoms with E-state index in [0.29, 0.717) is 6.61 Å². The van der Waals surface area contributed by atoms with Crippen LogP contribution in [0.1, 0.15) is 36.0 Å². The molecule has 1 aliphatic heterocycles. The molecule has 1 N–H and O–H groups in total. The highest BCUT2D eigenvalue weighted by atomic mass is 16.2. The van der Waals surface area contributed by atoms with Crippen LogP contribution < -0.4 is 0 Å². The maximum Gasteiger partial charge on any atom is 0.0434 e. The highest BCUT2D eigenvalue weighted by Gasteiger charge is 2.32. The summed E-state index contributed by atoms with van der Waals surface area (Å²) in [6, 6.07) is 7.72. The maximum absolute atomic E-state index is 8.84. The topological polar surface area (TPSA) is 23.5 Å². The van der Waals surface area contributed by atoms with Gasteiger partial charge < -0.3 is 5.11 Å². The Bertz CT molecular complexity index is 384. The van der Waals surface area contributed by atoms with Gasteiger partial charge in [0.2, 0.25) is 0 Å². The molecule has 1 aliphatic carbocycles. The number of hydrogen-bond acceptors (Lipinski definition) is 2. The van der Waals surface area contributed by atoms with Gasteiger partial charge >= 0.3 is 0 Å². The molecule has 3 rings (SSSR count). The molecule has 0 amide bonds. The summed E-state index contributed by atoms with van der Waals surface area (Å²) in [7, 11) is 0. The summed E-state index contributed by atoms with van der Waals surface area (Å²) in [5.41, 5.74) is 4.41. The van der Waals surface area contributed by atoms with Crippen LogP contribution >= 0.6 is 0 Å².